The second kappa shape index (κ2) is 8.60. The SMILES string of the molecule is COc1ccc(/C=C2/SC(=O)N(CC(=O)Nc3ccc4c(c3)OCO4)C2=O)cc1OC. The van der Waals surface area contributed by atoms with Crippen LogP contribution in [-0.2, 0) is 9.59 Å². The highest BCUT2D eigenvalue weighted by molar-refractivity contribution is 8.18. The predicted molar refractivity (Wildman–Crippen MR) is 113 cm³/mol. The Kier molecular flexibility index (Phi) is 5.72. The van der Waals surface area contributed by atoms with Gasteiger partial charge in [0, 0.05) is 11.8 Å². The molecule has 0 unspecified atom stereocenters. The Morgan fingerprint density at radius 2 is 1.87 bits per heavy atom. The number of anilines is 1. The van der Waals surface area contributed by atoms with Gasteiger partial charge in [0.25, 0.3) is 11.1 Å². The molecular weight excluding hydrogens is 424 g/mol. The monoisotopic (exact) mass is 442 g/mol. The zero-order valence-electron chi connectivity index (χ0n) is 16.7. The zero-order valence-corrected chi connectivity index (χ0v) is 17.5. The number of carbonyl (C=O) groups is 3. The van der Waals surface area contributed by atoms with Crippen molar-refractivity contribution in [2.24, 2.45) is 0 Å². The number of hydrogen-bond acceptors (Lipinski definition) is 8. The van der Waals surface area contributed by atoms with Crippen molar-refractivity contribution in [1.29, 1.82) is 0 Å². The Morgan fingerprint density at radius 3 is 2.65 bits per heavy atom. The summed E-state index contributed by atoms with van der Waals surface area (Å²) in [5, 5.41) is 2.14. The fraction of sp³-hybridized carbons (Fsp3) is 0.190. The fourth-order valence-electron chi connectivity index (χ4n) is 3.05. The Morgan fingerprint density at radius 1 is 1.10 bits per heavy atom. The number of thioether (sulfide) groups is 1. The molecule has 0 aromatic heterocycles. The van der Waals surface area contributed by atoms with E-state index in [4.69, 9.17) is 18.9 Å². The lowest BCUT2D eigenvalue weighted by molar-refractivity contribution is -0.127. The molecule has 1 saturated heterocycles. The first kappa shape index (κ1) is 20.6. The maximum absolute atomic E-state index is 12.7. The lowest BCUT2D eigenvalue weighted by Gasteiger charge is -2.12. The van der Waals surface area contributed by atoms with Crippen LogP contribution in [0, 0.1) is 0 Å². The molecule has 0 saturated carbocycles. The van der Waals surface area contributed by atoms with Crippen LogP contribution in [-0.4, -0.2) is 49.5 Å². The summed E-state index contributed by atoms with van der Waals surface area (Å²) in [6.45, 7) is -0.279. The lowest BCUT2D eigenvalue weighted by atomic mass is 10.2. The van der Waals surface area contributed by atoms with E-state index in [0.717, 1.165) is 16.7 Å². The van der Waals surface area contributed by atoms with Crippen LogP contribution in [0.4, 0.5) is 10.5 Å². The summed E-state index contributed by atoms with van der Waals surface area (Å²) in [6, 6.07) is 10.1. The number of rotatable bonds is 6. The molecule has 0 aliphatic carbocycles. The third-order valence-electron chi connectivity index (χ3n) is 4.54. The van der Waals surface area contributed by atoms with Gasteiger partial charge in [-0.25, -0.2) is 0 Å². The van der Waals surface area contributed by atoms with Crippen molar-refractivity contribution in [2.45, 2.75) is 0 Å². The molecule has 2 aromatic carbocycles. The van der Waals surface area contributed by atoms with E-state index in [2.05, 4.69) is 5.32 Å². The third kappa shape index (κ3) is 4.29. The van der Waals surface area contributed by atoms with E-state index in [1.165, 1.54) is 14.2 Å². The molecule has 0 bridgehead atoms. The minimum atomic E-state index is -0.536. The van der Waals surface area contributed by atoms with Crippen molar-refractivity contribution in [1.82, 2.24) is 4.90 Å². The number of amides is 3. The third-order valence-corrected chi connectivity index (χ3v) is 5.44. The van der Waals surface area contributed by atoms with E-state index in [1.807, 2.05) is 0 Å². The number of methoxy groups -OCH3 is 2. The van der Waals surface area contributed by atoms with Crippen molar-refractivity contribution in [2.75, 3.05) is 32.9 Å². The summed E-state index contributed by atoms with van der Waals surface area (Å²) in [5.41, 5.74) is 1.13. The summed E-state index contributed by atoms with van der Waals surface area (Å²) in [6.07, 6.45) is 1.57. The Hall–Kier alpha value is -3.66. The molecule has 0 atom stereocenters. The second-order valence-corrected chi connectivity index (χ2v) is 7.49. The first-order valence-corrected chi connectivity index (χ1v) is 9.97. The van der Waals surface area contributed by atoms with E-state index >= 15 is 0 Å². The molecule has 31 heavy (non-hydrogen) atoms. The summed E-state index contributed by atoms with van der Waals surface area (Å²) in [4.78, 5) is 38.5. The maximum atomic E-state index is 12.7. The van der Waals surface area contributed by atoms with E-state index < -0.39 is 23.6 Å². The number of nitrogens with one attached hydrogen (secondary N) is 1. The van der Waals surface area contributed by atoms with Gasteiger partial charge in [-0.2, -0.15) is 0 Å². The topological polar surface area (TPSA) is 103 Å². The summed E-state index contributed by atoms with van der Waals surface area (Å²) >= 11 is 0.775. The van der Waals surface area contributed by atoms with E-state index in [9.17, 15) is 14.4 Å². The van der Waals surface area contributed by atoms with Crippen LogP contribution in [0.1, 0.15) is 5.56 Å². The largest absolute Gasteiger partial charge is 0.493 e. The van der Waals surface area contributed by atoms with Gasteiger partial charge in [-0.3, -0.25) is 19.3 Å². The van der Waals surface area contributed by atoms with Gasteiger partial charge in [-0.05, 0) is 47.7 Å². The summed E-state index contributed by atoms with van der Waals surface area (Å²) in [5.74, 6) is 1.11. The highest BCUT2D eigenvalue weighted by Gasteiger charge is 2.36. The average Bonchev–Trinajstić information content (AvgIpc) is 3.33. The lowest BCUT2D eigenvalue weighted by Crippen LogP contribution is -2.36. The number of carbonyl (C=O) groups excluding carboxylic acids is 3. The molecule has 10 heteroatoms. The molecule has 3 amide bonds. The van der Waals surface area contributed by atoms with Crippen molar-refractivity contribution in [3.8, 4) is 23.0 Å². The van der Waals surface area contributed by atoms with Gasteiger partial charge in [0.2, 0.25) is 12.7 Å². The molecule has 9 nitrogen and oxygen atoms in total. The predicted octanol–water partition coefficient (Wildman–Crippen LogP) is 3.11. The van der Waals surface area contributed by atoms with Crippen LogP contribution in [0.5, 0.6) is 23.0 Å². The molecular formula is C21H18N2O7S. The quantitative estimate of drug-likeness (QED) is 0.681. The Bertz CT molecular complexity index is 1100. The smallest absolute Gasteiger partial charge is 0.294 e. The van der Waals surface area contributed by atoms with E-state index in [0.29, 0.717) is 34.2 Å². The standard InChI is InChI=1S/C21H18N2O7S/c1-27-14-5-3-12(7-16(14)28-2)8-18-20(25)23(21(26)31-18)10-19(24)22-13-4-6-15-17(9-13)30-11-29-15/h3-9H,10-11H2,1-2H3,(H,22,24)/b18-8+. The summed E-state index contributed by atoms with van der Waals surface area (Å²) < 4.78 is 20.9. The van der Waals surface area contributed by atoms with Crippen molar-refractivity contribution in [3.05, 3.63) is 46.9 Å². The average molecular weight is 442 g/mol. The molecule has 2 aromatic rings. The van der Waals surface area contributed by atoms with Crippen LogP contribution in [0.3, 0.4) is 0 Å². The van der Waals surface area contributed by atoms with Crippen molar-refractivity contribution in [3.63, 3.8) is 0 Å². The highest BCUT2D eigenvalue weighted by Crippen LogP contribution is 2.35. The molecule has 0 spiro atoms. The van der Waals surface area contributed by atoms with Gasteiger partial charge in [0.15, 0.2) is 23.0 Å². The van der Waals surface area contributed by atoms with Crippen LogP contribution < -0.4 is 24.3 Å². The van der Waals surface area contributed by atoms with Gasteiger partial charge in [0.1, 0.15) is 6.54 Å². The molecule has 4 rings (SSSR count). The minimum absolute atomic E-state index is 0.121. The number of hydrogen-bond donors (Lipinski definition) is 1. The zero-order chi connectivity index (χ0) is 22.0. The highest BCUT2D eigenvalue weighted by atomic mass is 32.2. The van der Waals surface area contributed by atoms with E-state index in [1.54, 1.807) is 42.5 Å². The normalized spacial score (nSPS) is 16.1. The second-order valence-electron chi connectivity index (χ2n) is 6.50. The first-order chi connectivity index (χ1) is 15.0. The number of fused-ring (bicyclic) bond motifs is 1. The molecule has 2 aliphatic heterocycles. The van der Waals surface area contributed by atoms with Crippen LogP contribution >= 0.6 is 11.8 Å². The molecule has 1 N–H and O–H groups in total. The van der Waals surface area contributed by atoms with Gasteiger partial charge in [-0.15, -0.1) is 0 Å². The molecule has 160 valence electrons. The minimum Gasteiger partial charge on any atom is -0.493 e. The Labute approximate surface area is 181 Å². The molecule has 1 fully saturated rings. The Balaban J connectivity index is 1.44. The maximum Gasteiger partial charge on any atom is 0.294 e. The van der Waals surface area contributed by atoms with Gasteiger partial charge < -0.3 is 24.3 Å². The number of imide groups is 1. The van der Waals surface area contributed by atoms with E-state index in [-0.39, 0.29) is 11.7 Å². The molecule has 2 heterocycles. The van der Waals surface area contributed by atoms with Crippen LogP contribution in [0.15, 0.2) is 41.3 Å². The van der Waals surface area contributed by atoms with Crippen molar-refractivity contribution >= 4 is 40.6 Å². The number of benzene rings is 2. The summed E-state index contributed by atoms with van der Waals surface area (Å²) in [7, 11) is 3.03. The van der Waals surface area contributed by atoms with Gasteiger partial charge >= 0.3 is 0 Å². The molecule has 0 radical (unpaired) electrons. The number of ether oxygens (including phenoxy) is 4. The first-order valence-electron chi connectivity index (χ1n) is 9.15. The van der Waals surface area contributed by atoms with Crippen LogP contribution in [0.25, 0.3) is 6.08 Å². The van der Waals surface area contributed by atoms with Crippen LogP contribution in [0.2, 0.25) is 0 Å². The van der Waals surface area contributed by atoms with Gasteiger partial charge in [0.05, 0.1) is 19.1 Å². The fourth-order valence-corrected chi connectivity index (χ4v) is 3.89. The number of nitrogens with zero attached hydrogens (tertiary/aromatic N) is 1. The van der Waals surface area contributed by atoms with Crippen molar-refractivity contribution < 1.29 is 33.3 Å². The van der Waals surface area contributed by atoms with Gasteiger partial charge in [-0.1, -0.05) is 6.07 Å². The molecule has 2 aliphatic rings.